The summed E-state index contributed by atoms with van der Waals surface area (Å²) in [5, 5.41) is 9.75. The highest BCUT2D eigenvalue weighted by atomic mass is 16.5. The van der Waals surface area contributed by atoms with Gasteiger partial charge in [0.1, 0.15) is 0 Å². The SMILES string of the molecule is CCC(O)c1ccc(N(CCOC)CC(C)C)cn1. The molecule has 1 N–H and O–H groups in total. The summed E-state index contributed by atoms with van der Waals surface area (Å²) in [5.74, 6) is 0.581. The van der Waals surface area contributed by atoms with Crippen LogP contribution in [0.1, 0.15) is 39.0 Å². The Labute approximate surface area is 116 Å². The Hall–Kier alpha value is -1.13. The molecule has 0 aliphatic rings. The number of aromatic nitrogens is 1. The first kappa shape index (κ1) is 15.9. The number of ether oxygens (including phenoxy) is 1. The lowest BCUT2D eigenvalue weighted by atomic mass is 10.1. The van der Waals surface area contributed by atoms with E-state index in [0.29, 0.717) is 18.9 Å². The van der Waals surface area contributed by atoms with Crippen LogP contribution < -0.4 is 4.90 Å². The molecule has 0 aliphatic carbocycles. The molecule has 0 spiro atoms. The summed E-state index contributed by atoms with van der Waals surface area (Å²) in [6.07, 6.45) is 2.06. The normalized spacial score (nSPS) is 12.7. The van der Waals surface area contributed by atoms with Crippen molar-refractivity contribution in [2.75, 3.05) is 31.7 Å². The predicted octanol–water partition coefficient (Wildman–Crippen LogP) is 2.63. The van der Waals surface area contributed by atoms with Crippen LogP contribution in [0.15, 0.2) is 18.3 Å². The first-order valence-electron chi connectivity index (χ1n) is 6.96. The highest BCUT2D eigenvalue weighted by Crippen LogP contribution is 2.19. The van der Waals surface area contributed by atoms with Crippen molar-refractivity contribution in [2.24, 2.45) is 5.92 Å². The predicted molar refractivity (Wildman–Crippen MR) is 78.4 cm³/mol. The van der Waals surface area contributed by atoms with E-state index < -0.39 is 6.10 Å². The second-order valence-corrected chi connectivity index (χ2v) is 5.20. The zero-order chi connectivity index (χ0) is 14.3. The Morgan fingerprint density at radius 1 is 1.37 bits per heavy atom. The van der Waals surface area contributed by atoms with Gasteiger partial charge in [0, 0.05) is 20.2 Å². The van der Waals surface area contributed by atoms with E-state index in [-0.39, 0.29) is 0 Å². The molecule has 0 fully saturated rings. The minimum Gasteiger partial charge on any atom is -0.387 e. The van der Waals surface area contributed by atoms with Gasteiger partial charge in [0.05, 0.1) is 30.3 Å². The maximum absolute atomic E-state index is 9.75. The van der Waals surface area contributed by atoms with Gasteiger partial charge in [-0.2, -0.15) is 0 Å². The quantitative estimate of drug-likeness (QED) is 0.785. The highest BCUT2D eigenvalue weighted by molar-refractivity contribution is 5.44. The topological polar surface area (TPSA) is 45.6 Å². The van der Waals surface area contributed by atoms with Gasteiger partial charge in [-0.05, 0) is 24.5 Å². The molecule has 0 bridgehead atoms. The number of methoxy groups -OCH3 is 1. The summed E-state index contributed by atoms with van der Waals surface area (Å²) in [7, 11) is 1.71. The number of anilines is 1. The number of nitrogens with zero attached hydrogens (tertiary/aromatic N) is 2. The van der Waals surface area contributed by atoms with Crippen LogP contribution in [0.5, 0.6) is 0 Å². The standard InChI is InChI=1S/C15H26N2O2/c1-5-15(18)14-7-6-13(10-16-14)17(8-9-19-4)11-12(2)3/h6-7,10,12,15,18H,5,8-9,11H2,1-4H3. The number of pyridine rings is 1. The van der Waals surface area contributed by atoms with Gasteiger partial charge in [0.15, 0.2) is 0 Å². The highest BCUT2D eigenvalue weighted by Gasteiger charge is 2.11. The number of hydrogen-bond donors (Lipinski definition) is 1. The van der Waals surface area contributed by atoms with Gasteiger partial charge in [0.2, 0.25) is 0 Å². The Morgan fingerprint density at radius 3 is 2.58 bits per heavy atom. The number of rotatable bonds is 8. The second kappa shape index (κ2) is 8.12. The van der Waals surface area contributed by atoms with E-state index in [4.69, 9.17) is 4.74 Å². The van der Waals surface area contributed by atoms with Crippen LogP contribution in [0, 0.1) is 5.92 Å². The molecule has 1 aromatic heterocycles. The van der Waals surface area contributed by atoms with Gasteiger partial charge in [-0.25, -0.2) is 0 Å². The van der Waals surface area contributed by atoms with Crippen LogP contribution in [-0.4, -0.2) is 36.9 Å². The van der Waals surface area contributed by atoms with Crippen LogP contribution in [0.4, 0.5) is 5.69 Å². The molecule has 1 heterocycles. The molecule has 0 radical (unpaired) electrons. The minimum atomic E-state index is -0.466. The first-order chi connectivity index (χ1) is 9.08. The van der Waals surface area contributed by atoms with E-state index in [9.17, 15) is 5.11 Å². The average Bonchev–Trinajstić information content (AvgIpc) is 2.42. The molecular formula is C15H26N2O2. The molecule has 1 atom stereocenters. The summed E-state index contributed by atoms with van der Waals surface area (Å²) in [6, 6.07) is 3.93. The molecule has 1 rings (SSSR count). The molecule has 0 amide bonds. The molecule has 0 saturated carbocycles. The summed E-state index contributed by atoms with van der Waals surface area (Å²) < 4.78 is 5.15. The molecular weight excluding hydrogens is 240 g/mol. The smallest absolute Gasteiger partial charge is 0.0957 e. The molecule has 0 saturated heterocycles. The fourth-order valence-electron chi connectivity index (χ4n) is 1.96. The fraction of sp³-hybridized carbons (Fsp3) is 0.667. The van der Waals surface area contributed by atoms with Crippen molar-refractivity contribution >= 4 is 5.69 Å². The second-order valence-electron chi connectivity index (χ2n) is 5.20. The van der Waals surface area contributed by atoms with Gasteiger partial charge in [-0.1, -0.05) is 20.8 Å². The van der Waals surface area contributed by atoms with Crippen molar-refractivity contribution < 1.29 is 9.84 Å². The van der Waals surface area contributed by atoms with E-state index in [1.807, 2.05) is 25.3 Å². The van der Waals surface area contributed by atoms with E-state index in [2.05, 4.69) is 23.7 Å². The summed E-state index contributed by atoms with van der Waals surface area (Å²) >= 11 is 0. The van der Waals surface area contributed by atoms with Gasteiger partial charge in [0.25, 0.3) is 0 Å². The monoisotopic (exact) mass is 266 g/mol. The summed E-state index contributed by atoms with van der Waals surface area (Å²) in [4.78, 5) is 6.62. The zero-order valence-electron chi connectivity index (χ0n) is 12.5. The Kier molecular flexibility index (Phi) is 6.81. The first-order valence-corrected chi connectivity index (χ1v) is 6.96. The maximum Gasteiger partial charge on any atom is 0.0957 e. The maximum atomic E-state index is 9.75. The minimum absolute atomic E-state index is 0.466. The number of aliphatic hydroxyl groups is 1. The van der Waals surface area contributed by atoms with Crippen molar-refractivity contribution in [3.63, 3.8) is 0 Å². The van der Waals surface area contributed by atoms with E-state index in [1.165, 1.54) is 0 Å². The van der Waals surface area contributed by atoms with Crippen molar-refractivity contribution in [1.82, 2.24) is 4.98 Å². The lowest BCUT2D eigenvalue weighted by Gasteiger charge is -2.26. The molecule has 0 aliphatic heterocycles. The van der Waals surface area contributed by atoms with E-state index in [0.717, 1.165) is 24.5 Å². The Morgan fingerprint density at radius 2 is 2.11 bits per heavy atom. The Bertz CT molecular complexity index is 352. The van der Waals surface area contributed by atoms with Crippen LogP contribution in [0.25, 0.3) is 0 Å². The molecule has 4 heteroatoms. The largest absolute Gasteiger partial charge is 0.387 e. The van der Waals surface area contributed by atoms with Crippen LogP contribution in [0.3, 0.4) is 0 Å². The van der Waals surface area contributed by atoms with Crippen LogP contribution in [0.2, 0.25) is 0 Å². The van der Waals surface area contributed by atoms with E-state index in [1.54, 1.807) is 7.11 Å². The van der Waals surface area contributed by atoms with Gasteiger partial charge in [-0.15, -0.1) is 0 Å². The fourth-order valence-corrected chi connectivity index (χ4v) is 1.96. The summed E-state index contributed by atoms with van der Waals surface area (Å²) in [6.45, 7) is 8.87. The van der Waals surface area contributed by atoms with Gasteiger partial charge < -0.3 is 14.7 Å². The van der Waals surface area contributed by atoms with E-state index >= 15 is 0 Å². The third-order valence-corrected chi connectivity index (χ3v) is 3.01. The van der Waals surface area contributed by atoms with Gasteiger partial charge in [-0.3, -0.25) is 4.98 Å². The lowest BCUT2D eigenvalue weighted by molar-refractivity contribution is 0.169. The molecule has 108 valence electrons. The van der Waals surface area contributed by atoms with Crippen molar-refractivity contribution in [3.8, 4) is 0 Å². The van der Waals surface area contributed by atoms with Crippen molar-refractivity contribution in [1.29, 1.82) is 0 Å². The molecule has 4 nitrogen and oxygen atoms in total. The third kappa shape index (κ3) is 5.17. The third-order valence-electron chi connectivity index (χ3n) is 3.01. The number of aliphatic hydroxyl groups excluding tert-OH is 1. The molecule has 0 aromatic carbocycles. The lowest BCUT2D eigenvalue weighted by Crippen LogP contribution is -2.31. The van der Waals surface area contributed by atoms with Crippen LogP contribution in [-0.2, 0) is 4.74 Å². The van der Waals surface area contributed by atoms with Gasteiger partial charge >= 0.3 is 0 Å². The number of hydrogen-bond acceptors (Lipinski definition) is 4. The van der Waals surface area contributed by atoms with Crippen molar-refractivity contribution in [3.05, 3.63) is 24.0 Å². The molecule has 1 aromatic rings. The zero-order valence-corrected chi connectivity index (χ0v) is 12.5. The van der Waals surface area contributed by atoms with Crippen LogP contribution >= 0.6 is 0 Å². The van der Waals surface area contributed by atoms with Crippen molar-refractivity contribution in [2.45, 2.75) is 33.3 Å². The molecule has 19 heavy (non-hydrogen) atoms. The summed E-state index contributed by atoms with van der Waals surface area (Å²) in [5.41, 5.74) is 1.82. The Balaban J connectivity index is 2.77. The average molecular weight is 266 g/mol. The molecule has 1 unspecified atom stereocenters.